The van der Waals surface area contributed by atoms with Crippen LogP contribution in [-0.2, 0) is 4.74 Å². The number of hydrogen-bond donors (Lipinski definition) is 1. The van der Waals surface area contributed by atoms with Gasteiger partial charge in [-0.05, 0) is 25.8 Å². The van der Waals surface area contributed by atoms with Crippen LogP contribution in [0.15, 0.2) is 0 Å². The lowest BCUT2D eigenvalue weighted by atomic mass is 9.82. The molecule has 1 fully saturated rings. The standard InChI is InChI=1S/C7H15NO.ClH/c1-8-5-6-3-4-7(6)9-2;/h6-8H,3-5H2,1-2H3;1H/t6-,7+;/m1./s1. The fourth-order valence-corrected chi connectivity index (χ4v) is 1.34. The Labute approximate surface area is 68.7 Å². The average Bonchev–Trinajstić information content (AvgIpc) is 1.82. The lowest BCUT2D eigenvalue weighted by Crippen LogP contribution is -2.39. The van der Waals surface area contributed by atoms with Gasteiger partial charge in [-0.1, -0.05) is 0 Å². The number of methoxy groups -OCH3 is 1. The Morgan fingerprint density at radius 3 is 2.50 bits per heavy atom. The van der Waals surface area contributed by atoms with Gasteiger partial charge in [-0.2, -0.15) is 0 Å². The summed E-state index contributed by atoms with van der Waals surface area (Å²) in [5, 5.41) is 3.15. The quantitative estimate of drug-likeness (QED) is 0.675. The van der Waals surface area contributed by atoms with Crippen LogP contribution in [0.5, 0.6) is 0 Å². The molecule has 1 aliphatic carbocycles. The molecule has 2 atom stereocenters. The maximum absolute atomic E-state index is 5.21. The molecule has 0 unspecified atom stereocenters. The van der Waals surface area contributed by atoms with Crippen LogP contribution in [0, 0.1) is 5.92 Å². The SMILES string of the molecule is CNC[C@H]1CC[C@@H]1OC.Cl. The van der Waals surface area contributed by atoms with E-state index in [0.29, 0.717) is 6.10 Å². The fraction of sp³-hybridized carbons (Fsp3) is 1.00. The van der Waals surface area contributed by atoms with Crippen LogP contribution >= 0.6 is 12.4 Å². The monoisotopic (exact) mass is 165 g/mol. The topological polar surface area (TPSA) is 21.3 Å². The summed E-state index contributed by atoms with van der Waals surface area (Å²) in [4.78, 5) is 0. The first kappa shape index (κ1) is 10.2. The minimum absolute atomic E-state index is 0. The molecule has 1 N–H and O–H groups in total. The van der Waals surface area contributed by atoms with Gasteiger partial charge in [-0.25, -0.2) is 0 Å². The van der Waals surface area contributed by atoms with E-state index < -0.39 is 0 Å². The zero-order valence-electron chi connectivity index (χ0n) is 6.59. The van der Waals surface area contributed by atoms with E-state index in [9.17, 15) is 0 Å². The van der Waals surface area contributed by atoms with E-state index in [0.717, 1.165) is 12.5 Å². The van der Waals surface area contributed by atoms with E-state index in [-0.39, 0.29) is 12.4 Å². The highest BCUT2D eigenvalue weighted by Gasteiger charge is 2.29. The molecule has 62 valence electrons. The third-order valence-corrected chi connectivity index (χ3v) is 2.12. The smallest absolute Gasteiger partial charge is 0.0611 e. The van der Waals surface area contributed by atoms with Gasteiger partial charge in [-0.3, -0.25) is 0 Å². The van der Waals surface area contributed by atoms with Crippen LogP contribution in [0.2, 0.25) is 0 Å². The molecule has 0 aromatic carbocycles. The molecule has 0 spiro atoms. The highest BCUT2D eigenvalue weighted by molar-refractivity contribution is 5.85. The molecule has 0 aromatic rings. The Morgan fingerprint density at radius 1 is 1.50 bits per heavy atom. The number of ether oxygens (including phenoxy) is 1. The highest BCUT2D eigenvalue weighted by atomic mass is 35.5. The number of nitrogens with one attached hydrogen (secondary N) is 1. The summed E-state index contributed by atoms with van der Waals surface area (Å²) in [5.74, 6) is 0.778. The molecule has 10 heavy (non-hydrogen) atoms. The van der Waals surface area contributed by atoms with Crippen LogP contribution in [0.25, 0.3) is 0 Å². The summed E-state index contributed by atoms with van der Waals surface area (Å²) >= 11 is 0. The van der Waals surface area contributed by atoms with Crippen molar-refractivity contribution in [2.24, 2.45) is 5.92 Å². The first-order chi connectivity index (χ1) is 4.38. The van der Waals surface area contributed by atoms with Gasteiger partial charge in [0, 0.05) is 13.7 Å². The number of hydrogen-bond acceptors (Lipinski definition) is 2. The van der Waals surface area contributed by atoms with Crippen molar-refractivity contribution >= 4 is 12.4 Å². The predicted octanol–water partition coefficient (Wildman–Crippen LogP) is 1.05. The highest BCUT2D eigenvalue weighted by Crippen LogP contribution is 2.28. The van der Waals surface area contributed by atoms with E-state index >= 15 is 0 Å². The van der Waals surface area contributed by atoms with Crippen molar-refractivity contribution in [1.29, 1.82) is 0 Å². The second-order valence-corrected chi connectivity index (χ2v) is 2.67. The molecule has 0 radical (unpaired) electrons. The van der Waals surface area contributed by atoms with Gasteiger partial charge in [0.15, 0.2) is 0 Å². The molecule has 0 saturated heterocycles. The van der Waals surface area contributed by atoms with E-state index in [1.54, 1.807) is 7.11 Å². The van der Waals surface area contributed by atoms with E-state index in [1.165, 1.54) is 12.8 Å². The van der Waals surface area contributed by atoms with Gasteiger partial charge in [-0.15, -0.1) is 12.4 Å². The summed E-state index contributed by atoms with van der Waals surface area (Å²) in [7, 11) is 3.79. The zero-order valence-corrected chi connectivity index (χ0v) is 7.41. The van der Waals surface area contributed by atoms with Gasteiger partial charge in [0.25, 0.3) is 0 Å². The van der Waals surface area contributed by atoms with Gasteiger partial charge in [0.05, 0.1) is 6.10 Å². The maximum Gasteiger partial charge on any atom is 0.0611 e. The molecule has 1 aliphatic rings. The Hall–Kier alpha value is 0.210. The van der Waals surface area contributed by atoms with Gasteiger partial charge in [0.2, 0.25) is 0 Å². The van der Waals surface area contributed by atoms with Crippen LogP contribution in [0.4, 0.5) is 0 Å². The molecule has 1 rings (SSSR count). The second kappa shape index (κ2) is 4.94. The van der Waals surface area contributed by atoms with Crippen molar-refractivity contribution in [2.75, 3.05) is 20.7 Å². The molecule has 2 nitrogen and oxygen atoms in total. The molecular weight excluding hydrogens is 150 g/mol. The summed E-state index contributed by atoms with van der Waals surface area (Å²) < 4.78 is 5.21. The normalized spacial score (nSPS) is 30.6. The zero-order chi connectivity index (χ0) is 6.69. The molecule has 0 aromatic heterocycles. The molecule has 1 saturated carbocycles. The summed E-state index contributed by atoms with van der Waals surface area (Å²) in [5.41, 5.74) is 0. The Bertz CT molecular complexity index is 87.7. The second-order valence-electron chi connectivity index (χ2n) is 2.67. The van der Waals surface area contributed by atoms with E-state index in [4.69, 9.17) is 4.74 Å². The van der Waals surface area contributed by atoms with Crippen molar-refractivity contribution in [3.8, 4) is 0 Å². The fourth-order valence-electron chi connectivity index (χ4n) is 1.34. The predicted molar refractivity (Wildman–Crippen MR) is 44.7 cm³/mol. The average molecular weight is 166 g/mol. The Morgan fingerprint density at radius 2 is 2.20 bits per heavy atom. The van der Waals surface area contributed by atoms with Crippen LogP contribution in [0.1, 0.15) is 12.8 Å². The summed E-state index contributed by atoms with van der Waals surface area (Å²) in [6.45, 7) is 1.11. The number of rotatable bonds is 3. The summed E-state index contributed by atoms with van der Waals surface area (Å²) in [6, 6.07) is 0. The lowest BCUT2D eigenvalue weighted by molar-refractivity contribution is -0.0146. The van der Waals surface area contributed by atoms with Gasteiger partial charge < -0.3 is 10.1 Å². The van der Waals surface area contributed by atoms with Crippen molar-refractivity contribution in [1.82, 2.24) is 5.32 Å². The van der Waals surface area contributed by atoms with Crippen molar-refractivity contribution in [3.63, 3.8) is 0 Å². The third kappa shape index (κ3) is 2.11. The first-order valence-electron chi connectivity index (χ1n) is 3.56. The van der Waals surface area contributed by atoms with Crippen LogP contribution in [0.3, 0.4) is 0 Å². The Balaban J connectivity index is 0.000000810. The third-order valence-electron chi connectivity index (χ3n) is 2.12. The molecular formula is C7H16ClNO. The van der Waals surface area contributed by atoms with Crippen LogP contribution in [-0.4, -0.2) is 26.8 Å². The van der Waals surface area contributed by atoms with E-state index in [2.05, 4.69) is 5.32 Å². The first-order valence-corrected chi connectivity index (χ1v) is 3.56. The molecule has 0 heterocycles. The van der Waals surface area contributed by atoms with Gasteiger partial charge in [0.1, 0.15) is 0 Å². The van der Waals surface area contributed by atoms with Crippen molar-refractivity contribution in [2.45, 2.75) is 18.9 Å². The molecule has 0 bridgehead atoms. The van der Waals surface area contributed by atoms with Crippen LogP contribution < -0.4 is 5.32 Å². The molecule has 0 amide bonds. The van der Waals surface area contributed by atoms with E-state index in [1.807, 2.05) is 7.05 Å². The minimum atomic E-state index is 0. The summed E-state index contributed by atoms with van der Waals surface area (Å²) in [6.07, 6.45) is 3.12. The largest absolute Gasteiger partial charge is 0.381 e. The minimum Gasteiger partial charge on any atom is -0.381 e. The number of halogens is 1. The van der Waals surface area contributed by atoms with Gasteiger partial charge >= 0.3 is 0 Å². The van der Waals surface area contributed by atoms with Crippen molar-refractivity contribution < 1.29 is 4.74 Å². The lowest BCUT2D eigenvalue weighted by Gasteiger charge is -2.35. The molecule has 0 aliphatic heterocycles. The van der Waals surface area contributed by atoms with Crippen molar-refractivity contribution in [3.05, 3.63) is 0 Å². The Kier molecular flexibility index (Phi) is 5.04. The molecule has 3 heteroatoms. The maximum atomic E-state index is 5.21.